The molecular weight excluding hydrogens is 1000 g/mol. The van der Waals surface area contributed by atoms with Crippen LogP contribution in [0.3, 0.4) is 0 Å². The molecule has 0 amide bonds. The topological polar surface area (TPSA) is 10.9 Å². The molecule has 0 bridgehead atoms. The molecule has 0 saturated heterocycles. The molecule has 2 aromatic heterocycles. The van der Waals surface area contributed by atoms with Gasteiger partial charge < -0.3 is 14.2 Å². The lowest BCUT2D eigenvalue weighted by atomic mass is 9.84. The van der Waals surface area contributed by atoms with Gasteiger partial charge in [-0.1, -0.05) is 168 Å². The molecule has 0 aliphatic heterocycles. The Labute approximate surface area is 490 Å². The summed E-state index contributed by atoms with van der Waals surface area (Å²) in [6.07, 6.45) is 26.7. The van der Waals surface area contributed by atoms with Crippen molar-refractivity contribution in [2.45, 2.75) is 152 Å². The molecule has 2 heterocycles. The monoisotopic (exact) mass is 1080 g/mol. The van der Waals surface area contributed by atoms with Gasteiger partial charge in [0.2, 0.25) is 0 Å². The molecule has 10 aromatic carbocycles. The lowest BCUT2D eigenvalue weighted by Gasteiger charge is -2.28. The molecule has 16 rings (SSSR count). The SMILES string of the molecule is c1ccc(-c2cc3c4cc5ccc(N(c6ccc(C7CCCCC7)cc6)c6ccc(C7CCCCC7)cc6)cc5cc4n4c5cc6cc(N(c7ccc(C8CCCCC8)cc7)c7ccc(C8CCCCC8)cc7)ccc6cc5c(c2)c34)cc1. The quantitative estimate of drug-likeness (QED) is 0.128. The predicted molar refractivity (Wildman–Crippen MR) is 354 cm³/mol. The number of aromatic nitrogens is 1. The van der Waals surface area contributed by atoms with Crippen LogP contribution in [0.5, 0.6) is 0 Å². The molecule has 4 aliphatic carbocycles. The molecule has 4 fully saturated rings. The van der Waals surface area contributed by atoms with E-state index in [0.717, 1.165) is 0 Å². The highest BCUT2D eigenvalue weighted by Crippen LogP contribution is 2.48. The van der Waals surface area contributed by atoms with Gasteiger partial charge in [-0.3, -0.25) is 0 Å². The molecule has 0 radical (unpaired) electrons. The van der Waals surface area contributed by atoms with Crippen LogP contribution >= 0.6 is 0 Å². The second kappa shape index (κ2) is 21.7. The lowest BCUT2D eigenvalue weighted by molar-refractivity contribution is 0.443. The molecule has 4 saturated carbocycles. The van der Waals surface area contributed by atoms with E-state index in [1.807, 2.05) is 0 Å². The van der Waals surface area contributed by atoms with Gasteiger partial charge in [-0.05, 0) is 239 Å². The van der Waals surface area contributed by atoms with Crippen LogP contribution in [0.25, 0.3) is 70.8 Å². The fourth-order valence-electron chi connectivity index (χ4n) is 16.3. The second-order valence-corrected chi connectivity index (χ2v) is 25.8. The number of hydrogen-bond donors (Lipinski definition) is 0. The lowest BCUT2D eigenvalue weighted by Crippen LogP contribution is -2.11. The Hall–Kier alpha value is -7.88. The zero-order chi connectivity index (χ0) is 54.8. The number of benzene rings is 10. The van der Waals surface area contributed by atoms with Gasteiger partial charge in [-0.2, -0.15) is 0 Å². The average molecular weight is 1080 g/mol. The van der Waals surface area contributed by atoms with Crippen molar-refractivity contribution in [3.8, 4) is 11.1 Å². The third kappa shape index (κ3) is 9.44. The van der Waals surface area contributed by atoms with Crippen molar-refractivity contribution < 1.29 is 0 Å². The van der Waals surface area contributed by atoms with E-state index in [1.165, 1.54) is 256 Å². The van der Waals surface area contributed by atoms with E-state index in [4.69, 9.17) is 0 Å². The number of fused-ring (bicyclic) bond motifs is 8. The van der Waals surface area contributed by atoms with Gasteiger partial charge in [0.05, 0.1) is 16.6 Å². The van der Waals surface area contributed by atoms with Gasteiger partial charge in [-0.15, -0.1) is 0 Å². The zero-order valence-corrected chi connectivity index (χ0v) is 48.3. The molecule has 83 heavy (non-hydrogen) atoms. The maximum Gasteiger partial charge on any atom is 0.0620 e. The van der Waals surface area contributed by atoms with Crippen LogP contribution in [0.4, 0.5) is 34.1 Å². The maximum absolute atomic E-state index is 2.61. The Morgan fingerprint density at radius 2 is 0.578 bits per heavy atom. The number of hydrogen-bond acceptors (Lipinski definition) is 2. The molecule has 3 nitrogen and oxygen atoms in total. The summed E-state index contributed by atoms with van der Waals surface area (Å²) in [5.74, 6) is 2.68. The summed E-state index contributed by atoms with van der Waals surface area (Å²) in [7, 11) is 0. The predicted octanol–water partition coefficient (Wildman–Crippen LogP) is 23.9. The molecule has 3 heteroatoms. The summed E-state index contributed by atoms with van der Waals surface area (Å²) >= 11 is 0. The average Bonchev–Trinajstić information content (AvgIpc) is 1.66. The van der Waals surface area contributed by atoms with Gasteiger partial charge in [0, 0.05) is 55.7 Å². The van der Waals surface area contributed by atoms with Gasteiger partial charge in [0.25, 0.3) is 0 Å². The fourth-order valence-corrected chi connectivity index (χ4v) is 16.3. The van der Waals surface area contributed by atoms with E-state index >= 15 is 0 Å². The van der Waals surface area contributed by atoms with Crippen molar-refractivity contribution in [1.82, 2.24) is 4.40 Å². The minimum absolute atomic E-state index is 0.671. The molecule has 0 spiro atoms. The fraction of sp³-hybridized carbons (Fsp3) is 0.300. The van der Waals surface area contributed by atoms with E-state index in [1.54, 1.807) is 0 Å². The minimum Gasteiger partial charge on any atom is -0.310 e. The Kier molecular flexibility index (Phi) is 13.3. The van der Waals surface area contributed by atoms with E-state index in [2.05, 4.69) is 214 Å². The number of anilines is 6. The first-order valence-electron chi connectivity index (χ1n) is 32.3. The number of nitrogens with zero attached hydrogens (tertiary/aromatic N) is 3. The highest BCUT2D eigenvalue weighted by atomic mass is 15.1. The smallest absolute Gasteiger partial charge is 0.0620 e. The molecule has 4 aliphatic rings. The third-order valence-electron chi connectivity index (χ3n) is 20.8. The van der Waals surface area contributed by atoms with Crippen molar-refractivity contribution in [1.29, 1.82) is 0 Å². The zero-order valence-electron chi connectivity index (χ0n) is 48.3. The van der Waals surface area contributed by atoms with Crippen LogP contribution in [-0.2, 0) is 0 Å². The summed E-state index contributed by atoms with van der Waals surface area (Å²) in [6.45, 7) is 0. The van der Waals surface area contributed by atoms with Gasteiger partial charge in [-0.25, -0.2) is 0 Å². The first kappa shape index (κ1) is 50.8. The third-order valence-corrected chi connectivity index (χ3v) is 20.8. The Morgan fingerprint density at radius 1 is 0.253 bits per heavy atom. The van der Waals surface area contributed by atoms with Crippen molar-refractivity contribution in [2.24, 2.45) is 0 Å². The van der Waals surface area contributed by atoms with Crippen molar-refractivity contribution in [3.63, 3.8) is 0 Å². The Morgan fingerprint density at radius 3 is 0.916 bits per heavy atom. The van der Waals surface area contributed by atoms with E-state index in [-0.39, 0.29) is 0 Å². The molecular formula is C80H77N3. The Bertz CT molecular complexity index is 3880. The first-order valence-corrected chi connectivity index (χ1v) is 32.3. The summed E-state index contributed by atoms with van der Waals surface area (Å²) < 4.78 is 2.61. The van der Waals surface area contributed by atoms with Crippen LogP contribution in [-0.4, -0.2) is 4.40 Å². The summed E-state index contributed by atoms with van der Waals surface area (Å²) in [4.78, 5) is 5.02. The van der Waals surface area contributed by atoms with Crippen molar-refractivity contribution in [3.05, 3.63) is 222 Å². The normalized spacial score (nSPS) is 17.2. The first-order chi connectivity index (χ1) is 41.1. The highest BCUT2D eigenvalue weighted by molar-refractivity contribution is 6.27. The summed E-state index contributed by atoms with van der Waals surface area (Å²) in [5, 5.41) is 10.2. The van der Waals surface area contributed by atoms with Gasteiger partial charge >= 0.3 is 0 Å². The van der Waals surface area contributed by atoms with Crippen molar-refractivity contribution in [2.75, 3.05) is 9.80 Å². The highest BCUT2D eigenvalue weighted by Gasteiger charge is 2.25. The Balaban J connectivity index is 0.847. The van der Waals surface area contributed by atoms with Crippen LogP contribution in [0.1, 0.15) is 174 Å². The van der Waals surface area contributed by atoms with E-state index in [9.17, 15) is 0 Å². The van der Waals surface area contributed by atoms with Crippen molar-refractivity contribution >= 4 is 93.8 Å². The standard InChI is InChI=1S/C80H77N3/c1-6-16-54(17-7-1)59-26-36-68(37-27-59)81(69-38-28-60(29-39-69)55-18-8-2-9-19-55)72-44-34-63-48-74-76-50-67(58-24-14-5-15-25-58)51-77-75-49-64-35-45-73(47-66(64)53-79(75)83(80(76)77)78(74)52-65(63)46-72)82(70-40-30-61(31-41-70)56-20-10-3-11-21-56)71-42-32-62(33-43-71)57-22-12-4-13-23-57/h5,14-15,24-57H,1-4,6-13,16-23H2. The van der Waals surface area contributed by atoms with E-state index in [0.29, 0.717) is 23.7 Å². The number of rotatable bonds is 11. The van der Waals surface area contributed by atoms with Gasteiger partial charge in [0.1, 0.15) is 0 Å². The maximum atomic E-state index is 2.61. The minimum atomic E-state index is 0.671. The van der Waals surface area contributed by atoms with Crippen LogP contribution in [0, 0.1) is 0 Å². The largest absolute Gasteiger partial charge is 0.310 e. The molecule has 412 valence electrons. The van der Waals surface area contributed by atoms with Crippen LogP contribution in [0.15, 0.2) is 200 Å². The van der Waals surface area contributed by atoms with Crippen LogP contribution < -0.4 is 9.80 Å². The van der Waals surface area contributed by atoms with E-state index < -0.39 is 0 Å². The summed E-state index contributed by atoms with van der Waals surface area (Å²) in [5.41, 5.74) is 19.5. The second-order valence-electron chi connectivity index (χ2n) is 25.8. The summed E-state index contributed by atoms with van der Waals surface area (Å²) in [6, 6.07) is 78.9. The van der Waals surface area contributed by atoms with Gasteiger partial charge in [0.15, 0.2) is 0 Å². The molecule has 0 unspecified atom stereocenters. The van der Waals surface area contributed by atoms with Crippen LogP contribution in [0.2, 0.25) is 0 Å². The molecule has 0 N–H and O–H groups in total. The molecule has 12 aromatic rings. The molecule has 0 atom stereocenters.